The molecule has 0 amide bonds. The van der Waals surface area contributed by atoms with E-state index < -0.39 is 12.0 Å². The van der Waals surface area contributed by atoms with Gasteiger partial charge in [0, 0.05) is 5.56 Å². The van der Waals surface area contributed by atoms with E-state index in [9.17, 15) is 14.7 Å². The zero-order valence-corrected chi connectivity index (χ0v) is 21.6. The number of ether oxygens (including phenoxy) is 3. The van der Waals surface area contributed by atoms with Gasteiger partial charge in [-0.05, 0) is 57.5 Å². The maximum atomic E-state index is 13.8. The molecule has 0 fully saturated rings. The van der Waals surface area contributed by atoms with E-state index in [0.717, 1.165) is 0 Å². The Morgan fingerprint density at radius 1 is 1.22 bits per heavy atom. The van der Waals surface area contributed by atoms with Gasteiger partial charge in [0.2, 0.25) is 0 Å². The average molecular weight is 509 g/mol. The van der Waals surface area contributed by atoms with Gasteiger partial charge in [0.05, 0.1) is 35.6 Å². The van der Waals surface area contributed by atoms with Crippen LogP contribution in [0.25, 0.3) is 6.08 Å². The summed E-state index contributed by atoms with van der Waals surface area (Å²) in [5.74, 6) is 0.350. The highest BCUT2D eigenvalue weighted by molar-refractivity contribution is 7.07. The number of phenolic OH excluding ortho intramolecular Hbond substituents is 1. The summed E-state index contributed by atoms with van der Waals surface area (Å²) in [7, 11) is 1.47. The van der Waals surface area contributed by atoms with E-state index in [-0.39, 0.29) is 29.6 Å². The van der Waals surface area contributed by atoms with Crippen molar-refractivity contribution in [2.24, 2.45) is 4.99 Å². The Kier molecular flexibility index (Phi) is 7.30. The second-order valence-corrected chi connectivity index (χ2v) is 9.45. The number of carbonyl (C=O) groups is 1. The summed E-state index contributed by atoms with van der Waals surface area (Å²) in [6.07, 6.45) is 1.57. The standard InChI is InChI=1S/C27H28N2O6S/c1-6-34-26(32)23-16(4)28-27-29(24(23)18-9-7-8-10-20(18)35-15(2)3)25(31)22(36-27)14-17-11-12-21(33-5)19(30)13-17/h7-15,24,30H,6H2,1-5H3/b22-14-. The van der Waals surface area contributed by atoms with E-state index in [1.165, 1.54) is 29.1 Å². The minimum absolute atomic E-state index is 0.0305. The van der Waals surface area contributed by atoms with Crippen LogP contribution < -0.4 is 24.4 Å². The number of esters is 1. The maximum Gasteiger partial charge on any atom is 0.338 e. The zero-order valence-electron chi connectivity index (χ0n) is 20.8. The number of carbonyl (C=O) groups excluding carboxylic acids is 1. The minimum atomic E-state index is -0.776. The molecule has 0 aliphatic carbocycles. The summed E-state index contributed by atoms with van der Waals surface area (Å²) in [4.78, 5) is 31.9. The summed E-state index contributed by atoms with van der Waals surface area (Å²) in [6.45, 7) is 7.50. The van der Waals surface area contributed by atoms with Crippen molar-refractivity contribution < 1.29 is 24.1 Å². The SMILES string of the molecule is CCOC(=O)C1=C(C)N=c2s/c(=C\c3ccc(OC)c(O)c3)c(=O)n2C1c1ccccc1OC(C)C. The summed E-state index contributed by atoms with van der Waals surface area (Å²) in [6, 6.07) is 11.5. The lowest BCUT2D eigenvalue weighted by atomic mass is 9.95. The van der Waals surface area contributed by atoms with Gasteiger partial charge < -0.3 is 19.3 Å². The average Bonchev–Trinajstić information content (AvgIpc) is 3.13. The minimum Gasteiger partial charge on any atom is -0.504 e. The molecule has 1 aromatic heterocycles. The molecule has 0 spiro atoms. The van der Waals surface area contributed by atoms with Crippen molar-refractivity contribution in [1.82, 2.24) is 4.57 Å². The van der Waals surface area contributed by atoms with Crippen molar-refractivity contribution in [3.05, 3.63) is 84.5 Å². The highest BCUT2D eigenvalue weighted by Crippen LogP contribution is 2.36. The van der Waals surface area contributed by atoms with Crippen molar-refractivity contribution in [1.29, 1.82) is 0 Å². The molecule has 3 aromatic rings. The van der Waals surface area contributed by atoms with E-state index in [0.29, 0.717) is 37.7 Å². The van der Waals surface area contributed by atoms with Gasteiger partial charge in [0.15, 0.2) is 16.3 Å². The quantitative estimate of drug-likeness (QED) is 0.492. The number of benzene rings is 2. The lowest BCUT2D eigenvalue weighted by molar-refractivity contribution is -0.139. The van der Waals surface area contributed by atoms with E-state index >= 15 is 0 Å². The number of fused-ring (bicyclic) bond motifs is 1. The van der Waals surface area contributed by atoms with Gasteiger partial charge in [-0.15, -0.1) is 0 Å². The van der Waals surface area contributed by atoms with Crippen molar-refractivity contribution in [2.45, 2.75) is 39.8 Å². The summed E-state index contributed by atoms with van der Waals surface area (Å²) >= 11 is 1.21. The van der Waals surface area contributed by atoms with Gasteiger partial charge in [-0.3, -0.25) is 9.36 Å². The molecule has 36 heavy (non-hydrogen) atoms. The first-order chi connectivity index (χ1) is 17.2. The Balaban J connectivity index is 1.96. The molecule has 0 bridgehead atoms. The van der Waals surface area contributed by atoms with Crippen molar-refractivity contribution in [3.8, 4) is 17.2 Å². The molecule has 2 aromatic carbocycles. The molecule has 4 rings (SSSR count). The highest BCUT2D eigenvalue weighted by Gasteiger charge is 2.35. The molecule has 1 atom stereocenters. The van der Waals surface area contributed by atoms with Gasteiger partial charge >= 0.3 is 5.97 Å². The van der Waals surface area contributed by atoms with Crippen LogP contribution in [-0.4, -0.2) is 35.5 Å². The molecule has 9 heteroatoms. The van der Waals surface area contributed by atoms with Crippen LogP contribution in [0, 0.1) is 0 Å². The number of rotatable bonds is 7. The van der Waals surface area contributed by atoms with E-state index in [2.05, 4.69) is 4.99 Å². The maximum absolute atomic E-state index is 13.8. The molecule has 1 aliphatic rings. The van der Waals surface area contributed by atoms with Gasteiger partial charge in [-0.1, -0.05) is 35.6 Å². The normalized spacial score (nSPS) is 15.5. The predicted molar refractivity (Wildman–Crippen MR) is 137 cm³/mol. The van der Waals surface area contributed by atoms with Crippen LogP contribution in [-0.2, 0) is 9.53 Å². The first kappa shape index (κ1) is 25.2. The van der Waals surface area contributed by atoms with Crippen LogP contribution >= 0.6 is 11.3 Å². The largest absolute Gasteiger partial charge is 0.504 e. The van der Waals surface area contributed by atoms with E-state index in [1.54, 1.807) is 32.1 Å². The number of thiazole rings is 1. The second kappa shape index (κ2) is 10.4. The Morgan fingerprint density at radius 3 is 2.64 bits per heavy atom. The molecule has 1 aliphatic heterocycles. The number of nitrogens with zero attached hydrogens (tertiary/aromatic N) is 2. The number of para-hydroxylation sites is 1. The number of hydrogen-bond donors (Lipinski definition) is 1. The van der Waals surface area contributed by atoms with Crippen LogP contribution in [0.3, 0.4) is 0 Å². The molecule has 0 saturated heterocycles. The molecule has 0 saturated carbocycles. The zero-order chi connectivity index (χ0) is 26.0. The third-order valence-electron chi connectivity index (χ3n) is 5.59. The Morgan fingerprint density at radius 2 is 1.97 bits per heavy atom. The Bertz CT molecular complexity index is 1520. The van der Waals surface area contributed by atoms with Crippen molar-refractivity contribution in [3.63, 3.8) is 0 Å². The lowest BCUT2D eigenvalue weighted by Gasteiger charge is -2.26. The molecule has 8 nitrogen and oxygen atoms in total. The number of hydrogen-bond acceptors (Lipinski definition) is 8. The van der Waals surface area contributed by atoms with Crippen LogP contribution in [0.15, 0.2) is 63.5 Å². The molecule has 2 heterocycles. The summed E-state index contributed by atoms with van der Waals surface area (Å²) in [5, 5.41) is 10.2. The van der Waals surface area contributed by atoms with Gasteiger partial charge in [-0.2, -0.15) is 0 Å². The summed E-state index contributed by atoms with van der Waals surface area (Å²) in [5.41, 5.74) is 1.75. The molecule has 188 valence electrons. The Labute approximate surface area is 212 Å². The molecule has 1 unspecified atom stereocenters. The van der Waals surface area contributed by atoms with E-state index in [4.69, 9.17) is 14.2 Å². The fourth-order valence-corrected chi connectivity index (χ4v) is 5.15. The lowest BCUT2D eigenvalue weighted by Crippen LogP contribution is -2.40. The first-order valence-corrected chi connectivity index (χ1v) is 12.4. The van der Waals surface area contributed by atoms with Crippen molar-refractivity contribution in [2.75, 3.05) is 13.7 Å². The van der Waals surface area contributed by atoms with Crippen LogP contribution in [0.1, 0.15) is 44.9 Å². The molecular formula is C27H28N2O6S. The van der Waals surface area contributed by atoms with Gasteiger partial charge in [-0.25, -0.2) is 9.79 Å². The first-order valence-electron chi connectivity index (χ1n) is 11.6. The van der Waals surface area contributed by atoms with Crippen molar-refractivity contribution >= 4 is 23.4 Å². The summed E-state index contributed by atoms with van der Waals surface area (Å²) < 4.78 is 18.4. The molecular weight excluding hydrogens is 480 g/mol. The van der Waals surface area contributed by atoms with Crippen LogP contribution in [0.2, 0.25) is 0 Å². The fraction of sp³-hybridized carbons (Fsp3) is 0.296. The number of aromatic nitrogens is 1. The second-order valence-electron chi connectivity index (χ2n) is 8.44. The Hall–Kier alpha value is -3.85. The highest BCUT2D eigenvalue weighted by atomic mass is 32.1. The number of allylic oxidation sites excluding steroid dienone is 1. The third-order valence-corrected chi connectivity index (χ3v) is 6.58. The molecule has 1 N–H and O–H groups in total. The number of phenols is 1. The topological polar surface area (TPSA) is 99.4 Å². The monoisotopic (exact) mass is 508 g/mol. The number of aromatic hydroxyl groups is 1. The molecule has 0 radical (unpaired) electrons. The van der Waals surface area contributed by atoms with Crippen LogP contribution in [0.5, 0.6) is 17.2 Å². The fourth-order valence-electron chi connectivity index (χ4n) is 4.10. The third kappa shape index (κ3) is 4.79. The van der Waals surface area contributed by atoms with Crippen LogP contribution in [0.4, 0.5) is 0 Å². The van der Waals surface area contributed by atoms with Gasteiger partial charge in [0.1, 0.15) is 11.8 Å². The smallest absolute Gasteiger partial charge is 0.338 e. The van der Waals surface area contributed by atoms with E-state index in [1.807, 2.05) is 38.1 Å². The van der Waals surface area contributed by atoms with Gasteiger partial charge in [0.25, 0.3) is 5.56 Å². The number of methoxy groups -OCH3 is 1. The predicted octanol–water partition coefficient (Wildman–Crippen LogP) is 3.30.